The molecule has 0 aliphatic rings. The molecule has 0 radical (unpaired) electrons. The second-order valence-corrected chi connectivity index (χ2v) is 5.98. The van der Waals surface area contributed by atoms with Gasteiger partial charge in [-0.25, -0.2) is 4.39 Å². The van der Waals surface area contributed by atoms with E-state index in [9.17, 15) is 4.39 Å². The highest BCUT2D eigenvalue weighted by atomic mass is 35.5. The van der Waals surface area contributed by atoms with Crippen molar-refractivity contribution in [1.82, 2.24) is 0 Å². The van der Waals surface area contributed by atoms with Crippen LogP contribution in [-0.4, -0.2) is 17.5 Å². The number of nitrogens with one attached hydrogen (secondary N) is 1. The molecule has 0 saturated carbocycles. The van der Waals surface area contributed by atoms with Crippen molar-refractivity contribution in [3.8, 4) is 0 Å². The zero-order valence-corrected chi connectivity index (χ0v) is 12.6. The zero-order chi connectivity index (χ0) is 13.8. The van der Waals surface area contributed by atoms with Gasteiger partial charge in [0.1, 0.15) is 5.82 Å². The fourth-order valence-electron chi connectivity index (χ4n) is 1.83. The molecule has 18 heavy (non-hydrogen) atoms. The molecule has 1 rings (SSSR count). The summed E-state index contributed by atoms with van der Waals surface area (Å²) >= 11 is 7.50. The number of anilines is 2. The third-order valence-electron chi connectivity index (χ3n) is 3.42. The van der Waals surface area contributed by atoms with Crippen molar-refractivity contribution in [3.63, 3.8) is 0 Å². The predicted octanol–water partition coefficient (Wildman–Crippen LogP) is 4.40. The highest BCUT2D eigenvalue weighted by Gasteiger charge is 2.24. The summed E-state index contributed by atoms with van der Waals surface area (Å²) in [5.41, 5.74) is 6.91. The number of hydrogen-bond donors (Lipinski definition) is 2. The molecule has 0 bridgehead atoms. The summed E-state index contributed by atoms with van der Waals surface area (Å²) in [5, 5.41) is 3.29. The summed E-state index contributed by atoms with van der Waals surface area (Å²) in [6, 6.07) is 2.80. The van der Waals surface area contributed by atoms with E-state index in [0.717, 1.165) is 19.4 Å². The molecular formula is C13H20ClFN2S. The van der Waals surface area contributed by atoms with Gasteiger partial charge in [-0.1, -0.05) is 25.4 Å². The fraction of sp³-hybridized carbons (Fsp3) is 0.538. The van der Waals surface area contributed by atoms with Crippen LogP contribution in [0.15, 0.2) is 12.1 Å². The molecule has 0 aromatic heterocycles. The van der Waals surface area contributed by atoms with Crippen molar-refractivity contribution in [1.29, 1.82) is 0 Å². The number of thioether (sulfide) groups is 1. The standard InChI is InChI=1S/C13H20ClFN2S/c1-4-13(5-2,18-3)8-17-12-7-10(15)9(14)6-11(12)16/h6-7,17H,4-5,8,16H2,1-3H3. The van der Waals surface area contributed by atoms with Crippen LogP contribution in [0.25, 0.3) is 0 Å². The first-order valence-electron chi connectivity index (χ1n) is 6.01. The molecule has 0 atom stereocenters. The smallest absolute Gasteiger partial charge is 0.143 e. The number of rotatable bonds is 6. The Morgan fingerprint density at radius 2 is 2.00 bits per heavy atom. The molecule has 3 N–H and O–H groups in total. The van der Waals surface area contributed by atoms with Crippen molar-refractivity contribution in [2.24, 2.45) is 0 Å². The molecule has 5 heteroatoms. The SMILES string of the molecule is CCC(CC)(CNc1cc(F)c(Cl)cc1N)SC. The van der Waals surface area contributed by atoms with E-state index in [1.807, 2.05) is 11.8 Å². The van der Waals surface area contributed by atoms with E-state index in [2.05, 4.69) is 25.4 Å². The zero-order valence-electron chi connectivity index (χ0n) is 11.0. The molecule has 1 aromatic rings. The van der Waals surface area contributed by atoms with E-state index in [0.29, 0.717) is 11.4 Å². The van der Waals surface area contributed by atoms with Gasteiger partial charge in [0, 0.05) is 17.4 Å². The summed E-state index contributed by atoms with van der Waals surface area (Å²) in [7, 11) is 0. The topological polar surface area (TPSA) is 38.0 Å². The Bertz CT molecular complexity index is 400. The molecule has 0 saturated heterocycles. The van der Waals surface area contributed by atoms with Crippen LogP contribution < -0.4 is 11.1 Å². The second kappa shape index (κ2) is 6.53. The van der Waals surface area contributed by atoms with Crippen molar-refractivity contribution in [2.45, 2.75) is 31.4 Å². The van der Waals surface area contributed by atoms with Gasteiger partial charge < -0.3 is 11.1 Å². The Hall–Kier alpha value is -0.610. The van der Waals surface area contributed by atoms with Gasteiger partial charge in [-0.05, 0) is 25.2 Å². The largest absolute Gasteiger partial charge is 0.397 e. The van der Waals surface area contributed by atoms with Crippen molar-refractivity contribution < 1.29 is 4.39 Å². The highest BCUT2D eigenvalue weighted by molar-refractivity contribution is 8.00. The molecule has 0 unspecified atom stereocenters. The molecular weight excluding hydrogens is 271 g/mol. The van der Waals surface area contributed by atoms with Crippen LogP contribution in [0.1, 0.15) is 26.7 Å². The number of hydrogen-bond acceptors (Lipinski definition) is 3. The third kappa shape index (κ3) is 3.45. The number of nitrogen functional groups attached to an aromatic ring is 1. The first kappa shape index (κ1) is 15.4. The first-order valence-corrected chi connectivity index (χ1v) is 7.61. The second-order valence-electron chi connectivity index (χ2n) is 4.30. The Labute approximate surface area is 117 Å². The van der Waals surface area contributed by atoms with Crippen LogP contribution in [0.4, 0.5) is 15.8 Å². The van der Waals surface area contributed by atoms with Crippen LogP contribution in [-0.2, 0) is 0 Å². The van der Waals surface area contributed by atoms with E-state index in [4.69, 9.17) is 17.3 Å². The fourth-order valence-corrected chi connectivity index (χ4v) is 2.80. The average Bonchev–Trinajstić information content (AvgIpc) is 2.37. The lowest BCUT2D eigenvalue weighted by atomic mass is 10.0. The lowest BCUT2D eigenvalue weighted by Gasteiger charge is -2.30. The monoisotopic (exact) mass is 290 g/mol. The molecule has 0 spiro atoms. The molecule has 1 aromatic carbocycles. The molecule has 2 nitrogen and oxygen atoms in total. The number of benzene rings is 1. The van der Waals surface area contributed by atoms with Crippen molar-refractivity contribution in [2.75, 3.05) is 23.9 Å². The van der Waals surface area contributed by atoms with Gasteiger partial charge in [-0.2, -0.15) is 11.8 Å². The Kier molecular flexibility index (Phi) is 5.60. The third-order valence-corrected chi connectivity index (χ3v) is 5.29. The van der Waals surface area contributed by atoms with Crippen LogP contribution in [0.3, 0.4) is 0 Å². The maximum atomic E-state index is 13.4. The summed E-state index contributed by atoms with van der Waals surface area (Å²) in [4.78, 5) is 0. The van der Waals surface area contributed by atoms with Crippen LogP contribution >= 0.6 is 23.4 Å². The maximum Gasteiger partial charge on any atom is 0.143 e. The molecule has 102 valence electrons. The average molecular weight is 291 g/mol. The van der Waals surface area contributed by atoms with E-state index in [1.54, 1.807) is 0 Å². The van der Waals surface area contributed by atoms with Gasteiger partial charge in [0.15, 0.2) is 0 Å². The summed E-state index contributed by atoms with van der Waals surface area (Å²) in [6.07, 6.45) is 4.20. The van der Waals surface area contributed by atoms with Crippen LogP contribution in [0, 0.1) is 5.82 Å². The van der Waals surface area contributed by atoms with E-state index in [-0.39, 0.29) is 9.77 Å². The van der Waals surface area contributed by atoms with Gasteiger partial charge in [0.2, 0.25) is 0 Å². The quantitative estimate of drug-likeness (QED) is 0.763. The normalized spacial score (nSPS) is 11.6. The summed E-state index contributed by atoms with van der Waals surface area (Å²) in [6.45, 7) is 5.08. The molecule has 0 aliphatic heterocycles. The first-order chi connectivity index (χ1) is 8.48. The summed E-state index contributed by atoms with van der Waals surface area (Å²) < 4.78 is 13.5. The minimum Gasteiger partial charge on any atom is -0.397 e. The van der Waals surface area contributed by atoms with Crippen molar-refractivity contribution >= 4 is 34.7 Å². The van der Waals surface area contributed by atoms with Crippen LogP contribution in [0.2, 0.25) is 5.02 Å². The van der Waals surface area contributed by atoms with Gasteiger partial charge in [-0.15, -0.1) is 0 Å². The summed E-state index contributed by atoms with van der Waals surface area (Å²) in [5.74, 6) is -0.448. The number of nitrogens with two attached hydrogens (primary N) is 1. The lowest BCUT2D eigenvalue weighted by Crippen LogP contribution is -2.32. The molecule has 0 heterocycles. The van der Waals surface area contributed by atoms with Gasteiger partial charge >= 0.3 is 0 Å². The highest BCUT2D eigenvalue weighted by Crippen LogP contribution is 2.32. The van der Waals surface area contributed by atoms with E-state index < -0.39 is 5.82 Å². The predicted molar refractivity (Wildman–Crippen MR) is 81.1 cm³/mol. The van der Waals surface area contributed by atoms with E-state index >= 15 is 0 Å². The lowest BCUT2D eigenvalue weighted by molar-refractivity contribution is 0.574. The Morgan fingerprint density at radius 3 is 2.50 bits per heavy atom. The van der Waals surface area contributed by atoms with E-state index in [1.165, 1.54) is 12.1 Å². The minimum atomic E-state index is -0.448. The Morgan fingerprint density at radius 1 is 1.39 bits per heavy atom. The molecule has 0 fully saturated rings. The Balaban J connectivity index is 2.83. The maximum absolute atomic E-state index is 13.4. The van der Waals surface area contributed by atoms with Crippen LogP contribution in [0.5, 0.6) is 0 Å². The minimum absolute atomic E-state index is 0.0557. The number of halogens is 2. The molecule has 0 aliphatic carbocycles. The van der Waals surface area contributed by atoms with Crippen molar-refractivity contribution in [3.05, 3.63) is 23.0 Å². The molecule has 0 amide bonds. The van der Waals surface area contributed by atoms with Gasteiger partial charge in [-0.3, -0.25) is 0 Å². The van der Waals surface area contributed by atoms with Gasteiger partial charge in [0.05, 0.1) is 16.4 Å². The van der Waals surface area contributed by atoms with Gasteiger partial charge in [0.25, 0.3) is 0 Å².